The average Bonchev–Trinajstić information content (AvgIpc) is 2.61. The zero-order valence-corrected chi connectivity index (χ0v) is 9.64. The van der Waals surface area contributed by atoms with Crippen molar-refractivity contribution in [3.63, 3.8) is 0 Å². The fourth-order valence-corrected chi connectivity index (χ4v) is 2.20. The molecule has 0 aliphatic heterocycles. The summed E-state index contributed by atoms with van der Waals surface area (Å²) in [5, 5.41) is 7.48. The van der Waals surface area contributed by atoms with Crippen LogP contribution in [0.2, 0.25) is 0 Å². The molecular formula is C9H10N4O2S. The van der Waals surface area contributed by atoms with E-state index in [1.54, 1.807) is 31.5 Å². The lowest BCUT2D eigenvalue weighted by Crippen LogP contribution is -2.02. The number of sulfone groups is 1. The number of hydrogen-bond donors (Lipinski definition) is 0. The van der Waals surface area contributed by atoms with Crippen molar-refractivity contribution in [2.45, 2.75) is 11.9 Å². The van der Waals surface area contributed by atoms with Gasteiger partial charge in [0.05, 0.1) is 11.4 Å². The third-order valence-corrected chi connectivity index (χ3v) is 3.19. The molecule has 0 saturated heterocycles. The molecule has 2 aromatic rings. The van der Waals surface area contributed by atoms with Gasteiger partial charge < -0.3 is 0 Å². The Morgan fingerprint density at radius 1 is 1.25 bits per heavy atom. The Bertz CT molecular complexity index is 604. The molecule has 0 atom stereocenters. The number of aromatic nitrogens is 4. The van der Waals surface area contributed by atoms with Gasteiger partial charge in [-0.25, -0.2) is 13.1 Å². The van der Waals surface area contributed by atoms with E-state index in [-0.39, 0.29) is 5.03 Å². The van der Waals surface area contributed by atoms with Crippen molar-refractivity contribution in [1.29, 1.82) is 0 Å². The maximum Gasteiger partial charge on any atom is 0.200 e. The summed E-state index contributed by atoms with van der Waals surface area (Å²) in [7, 11) is -3.33. The number of pyridine rings is 1. The second-order valence-corrected chi connectivity index (χ2v) is 5.30. The van der Waals surface area contributed by atoms with Crippen molar-refractivity contribution in [3.05, 3.63) is 30.2 Å². The van der Waals surface area contributed by atoms with Crippen molar-refractivity contribution >= 4 is 9.84 Å². The van der Waals surface area contributed by atoms with Gasteiger partial charge >= 0.3 is 0 Å². The minimum absolute atomic E-state index is 0.00399. The van der Waals surface area contributed by atoms with Crippen LogP contribution in [0, 0.1) is 6.92 Å². The Balaban J connectivity index is 2.59. The van der Waals surface area contributed by atoms with Crippen LogP contribution in [0.3, 0.4) is 0 Å². The van der Waals surface area contributed by atoms with Crippen molar-refractivity contribution in [2.75, 3.05) is 6.26 Å². The van der Waals surface area contributed by atoms with Gasteiger partial charge in [-0.3, -0.25) is 4.98 Å². The Hall–Kier alpha value is -1.76. The van der Waals surface area contributed by atoms with Crippen LogP contribution < -0.4 is 0 Å². The van der Waals surface area contributed by atoms with Gasteiger partial charge in [-0.15, -0.1) is 5.10 Å². The van der Waals surface area contributed by atoms with E-state index in [4.69, 9.17) is 0 Å². The van der Waals surface area contributed by atoms with Crippen LogP contribution in [0.4, 0.5) is 0 Å². The second-order valence-electron chi connectivity index (χ2n) is 3.37. The Labute approximate surface area is 92.9 Å². The largest absolute Gasteiger partial charge is 0.265 e. The van der Waals surface area contributed by atoms with Gasteiger partial charge in [-0.2, -0.15) is 0 Å². The fraction of sp³-hybridized carbons (Fsp3) is 0.222. The number of hydrogen-bond acceptors (Lipinski definition) is 5. The van der Waals surface area contributed by atoms with Crippen LogP contribution in [-0.4, -0.2) is 34.7 Å². The maximum absolute atomic E-state index is 11.4. The van der Waals surface area contributed by atoms with E-state index in [1.807, 2.05) is 0 Å². The number of nitrogens with zero attached hydrogens (tertiary/aromatic N) is 4. The standard InChI is InChI=1S/C9H10N4O2S/c1-7-9(16(2,14)15)11-12-13(7)8-3-5-10-6-4-8/h3-6H,1-2H3. The molecule has 0 aromatic carbocycles. The first kappa shape index (κ1) is 10.7. The molecule has 2 heterocycles. The molecule has 0 N–H and O–H groups in total. The lowest BCUT2D eigenvalue weighted by atomic mass is 10.4. The van der Waals surface area contributed by atoms with E-state index in [0.717, 1.165) is 11.9 Å². The highest BCUT2D eigenvalue weighted by Gasteiger charge is 2.18. The van der Waals surface area contributed by atoms with Gasteiger partial charge in [0.15, 0.2) is 14.9 Å². The lowest BCUT2D eigenvalue weighted by molar-refractivity contribution is 0.597. The lowest BCUT2D eigenvalue weighted by Gasteiger charge is -2.01. The highest BCUT2D eigenvalue weighted by Crippen LogP contribution is 2.14. The van der Waals surface area contributed by atoms with E-state index >= 15 is 0 Å². The molecule has 6 nitrogen and oxygen atoms in total. The van der Waals surface area contributed by atoms with E-state index in [9.17, 15) is 8.42 Å². The van der Waals surface area contributed by atoms with Gasteiger partial charge in [0.25, 0.3) is 0 Å². The summed E-state index contributed by atoms with van der Waals surface area (Å²) in [6, 6.07) is 3.46. The SMILES string of the molecule is Cc1c(S(C)(=O)=O)nnn1-c1ccncc1. The first-order valence-electron chi connectivity index (χ1n) is 4.53. The zero-order chi connectivity index (χ0) is 11.8. The predicted molar refractivity (Wildman–Crippen MR) is 57.0 cm³/mol. The summed E-state index contributed by atoms with van der Waals surface area (Å²) in [5.41, 5.74) is 1.23. The second kappa shape index (κ2) is 3.67. The summed E-state index contributed by atoms with van der Waals surface area (Å²) >= 11 is 0. The Kier molecular flexibility index (Phi) is 2.47. The first-order valence-corrected chi connectivity index (χ1v) is 6.42. The molecule has 0 spiro atoms. The minimum Gasteiger partial charge on any atom is -0.265 e. The Morgan fingerprint density at radius 2 is 1.88 bits per heavy atom. The van der Waals surface area contributed by atoms with Crippen LogP contribution in [0.25, 0.3) is 5.69 Å². The van der Waals surface area contributed by atoms with Crippen LogP contribution in [0.15, 0.2) is 29.6 Å². The maximum atomic E-state index is 11.4. The van der Waals surface area contributed by atoms with Crippen molar-refractivity contribution in [3.8, 4) is 5.69 Å². The van der Waals surface area contributed by atoms with Crippen LogP contribution in [0.1, 0.15) is 5.69 Å². The molecule has 0 aliphatic rings. The molecule has 0 unspecified atom stereocenters. The first-order chi connectivity index (χ1) is 7.50. The van der Waals surface area contributed by atoms with E-state index in [2.05, 4.69) is 15.3 Å². The van der Waals surface area contributed by atoms with Gasteiger partial charge in [-0.1, -0.05) is 5.21 Å². The molecule has 16 heavy (non-hydrogen) atoms. The molecule has 0 fully saturated rings. The molecule has 0 amide bonds. The van der Waals surface area contributed by atoms with Gasteiger partial charge in [0.1, 0.15) is 0 Å². The van der Waals surface area contributed by atoms with Crippen molar-refractivity contribution < 1.29 is 8.42 Å². The summed E-state index contributed by atoms with van der Waals surface area (Å²) in [6.45, 7) is 1.66. The zero-order valence-electron chi connectivity index (χ0n) is 8.82. The van der Waals surface area contributed by atoms with E-state index < -0.39 is 9.84 Å². The monoisotopic (exact) mass is 238 g/mol. The quantitative estimate of drug-likeness (QED) is 0.755. The smallest absolute Gasteiger partial charge is 0.200 e. The molecule has 2 rings (SSSR count). The van der Waals surface area contributed by atoms with Gasteiger partial charge in [0.2, 0.25) is 0 Å². The van der Waals surface area contributed by atoms with Gasteiger partial charge in [0, 0.05) is 18.6 Å². The fourth-order valence-electron chi connectivity index (χ4n) is 1.39. The van der Waals surface area contributed by atoms with Crippen molar-refractivity contribution in [1.82, 2.24) is 20.0 Å². The average molecular weight is 238 g/mol. The van der Waals surface area contributed by atoms with Gasteiger partial charge in [-0.05, 0) is 19.1 Å². The van der Waals surface area contributed by atoms with Crippen LogP contribution in [-0.2, 0) is 9.84 Å². The summed E-state index contributed by atoms with van der Waals surface area (Å²) in [6.07, 6.45) is 4.33. The summed E-state index contributed by atoms with van der Waals surface area (Å²) in [5.74, 6) is 0. The third-order valence-electron chi connectivity index (χ3n) is 2.11. The normalized spacial score (nSPS) is 11.6. The molecular weight excluding hydrogens is 228 g/mol. The molecule has 0 saturated carbocycles. The van der Waals surface area contributed by atoms with Crippen LogP contribution in [0.5, 0.6) is 0 Å². The van der Waals surface area contributed by atoms with E-state index in [1.165, 1.54) is 4.68 Å². The summed E-state index contributed by atoms with van der Waals surface area (Å²) < 4.78 is 24.2. The molecule has 0 bridgehead atoms. The molecule has 84 valence electrons. The summed E-state index contributed by atoms with van der Waals surface area (Å²) in [4.78, 5) is 3.88. The van der Waals surface area contributed by atoms with Crippen LogP contribution >= 0.6 is 0 Å². The molecule has 7 heteroatoms. The van der Waals surface area contributed by atoms with Crippen molar-refractivity contribution in [2.24, 2.45) is 0 Å². The highest BCUT2D eigenvalue weighted by molar-refractivity contribution is 7.90. The number of rotatable bonds is 2. The molecule has 0 aliphatic carbocycles. The predicted octanol–water partition coefficient (Wildman–Crippen LogP) is 0.374. The topological polar surface area (TPSA) is 77.7 Å². The molecule has 0 radical (unpaired) electrons. The van der Waals surface area contributed by atoms with E-state index in [0.29, 0.717) is 5.69 Å². The third kappa shape index (κ3) is 1.81. The Morgan fingerprint density at radius 3 is 2.38 bits per heavy atom. The highest BCUT2D eigenvalue weighted by atomic mass is 32.2. The molecule has 2 aromatic heterocycles. The minimum atomic E-state index is -3.33.